The first-order valence-electron chi connectivity index (χ1n) is 6.81. The van der Waals surface area contributed by atoms with Gasteiger partial charge in [0.2, 0.25) is 0 Å². The van der Waals surface area contributed by atoms with Crippen LogP contribution in [0.15, 0.2) is 42.6 Å². The third kappa shape index (κ3) is 2.93. The van der Waals surface area contributed by atoms with E-state index in [0.717, 1.165) is 32.5 Å². The summed E-state index contributed by atoms with van der Waals surface area (Å²) in [6, 6.07) is 12.8. The van der Waals surface area contributed by atoms with Crippen molar-refractivity contribution in [1.82, 2.24) is 9.88 Å². The van der Waals surface area contributed by atoms with Gasteiger partial charge in [0.1, 0.15) is 5.82 Å². The molecule has 0 amide bonds. The Morgan fingerprint density at radius 3 is 2.37 bits per heavy atom. The van der Waals surface area contributed by atoms with E-state index in [0.29, 0.717) is 5.82 Å². The SMILES string of the molecule is Nc1cc(CN2CCc3ccccc3CC2)ccn1. The number of hydrogen-bond acceptors (Lipinski definition) is 3. The van der Waals surface area contributed by atoms with Gasteiger partial charge in [-0.25, -0.2) is 4.98 Å². The quantitative estimate of drug-likeness (QED) is 0.892. The second-order valence-electron chi connectivity index (χ2n) is 5.13. The van der Waals surface area contributed by atoms with Gasteiger partial charge >= 0.3 is 0 Å². The topological polar surface area (TPSA) is 42.1 Å². The van der Waals surface area contributed by atoms with Crippen molar-refractivity contribution in [3.63, 3.8) is 0 Å². The van der Waals surface area contributed by atoms with Crippen LogP contribution in [0.3, 0.4) is 0 Å². The van der Waals surface area contributed by atoms with Crippen LogP contribution in [0.1, 0.15) is 16.7 Å². The molecule has 1 aromatic heterocycles. The average Bonchev–Trinajstić information content (AvgIpc) is 2.62. The van der Waals surface area contributed by atoms with Gasteiger partial charge in [-0.1, -0.05) is 24.3 Å². The van der Waals surface area contributed by atoms with Gasteiger partial charge < -0.3 is 5.73 Å². The number of anilines is 1. The van der Waals surface area contributed by atoms with E-state index >= 15 is 0 Å². The second-order valence-corrected chi connectivity index (χ2v) is 5.13. The summed E-state index contributed by atoms with van der Waals surface area (Å²) in [7, 11) is 0. The van der Waals surface area contributed by atoms with Crippen LogP contribution in [0.4, 0.5) is 5.82 Å². The average molecular weight is 253 g/mol. The lowest BCUT2D eigenvalue weighted by Crippen LogP contribution is -2.26. The van der Waals surface area contributed by atoms with E-state index in [-0.39, 0.29) is 0 Å². The smallest absolute Gasteiger partial charge is 0.123 e. The van der Waals surface area contributed by atoms with Crippen molar-refractivity contribution >= 4 is 5.82 Å². The molecule has 19 heavy (non-hydrogen) atoms. The van der Waals surface area contributed by atoms with Crippen molar-refractivity contribution in [3.05, 3.63) is 59.3 Å². The molecule has 1 aliphatic rings. The molecule has 1 aromatic carbocycles. The minimum absolute atomic E-state index is 0.607. The van der Waals surface area contributed by atoms with Crippen molar-refractivity contribution in [2.75, 3.05) is 18.8 Å². The van der Waals surface area contributed by atoms with Crippen molar-refractivity contribution in [3.8, 4) is 0 Å². The standard InChI is InChI=1S/C16H19N3/c17-16-11-13(5-8-18-16)12-19-9-6-14-3-1-2-4-15(14)7-10-19/h1-5,8,11H,6-7,9-10,12H2,(H2,17,18). The summed E-state index contributed by atoms with van der Waals surface area (Å²) in [5.74, 6) is 0.607. The number of nitrogen functional groups attached to an aromatic ring is 1. The Kier molecular flexibility index (Phi) is 3.47. The molecule has 3 nitrogen and oxygen atoms in total. The fraction of sp³-hybridized carbons (Fsp3) is 0.312. The Hall–Kier alpha value is -1.87. The molecule has 0 aliphatic carbocycles. The van der Waals surface area contributed by atoms with Crippen LogP contribution in [-0.2, 0) is 19.4 Å². The normalized spacial score (nSPS) is 15.8. The molecule has 0 saturated heterocycles. The van der Waals surface area contributed by atoms with E-state index in [2.05, 4.69) is 34.1 Å². The number of hydrogen-bond donors (Lipinski definition) is 1. The lowest BCUT2D eigenvalue weighted by molar-refractivity contribution is 0.279. The Labute approximate surface area is 114 Å². The van der Waals surface area contributed by atoms with Gasteiger partial charge in [-0.2, -0.15) is 0 Å². The summed E-state index contributed by atoms with van der Waals surface area (Å²) < 4.78 is 0. The Bertz CT molecular complexity index is 538. The molecular weight excluding hydrogens is 234 g/mol. The summed E-state index contributed by atoms with van der Waals surface area (Å²) in [6.45, 7) is 3.18. The van der Waals surface area contributed by atoms with Crippen molar-refractivity contribution in [1.29, 1.82) is 0 Å². The lowest BCUT2D eigenvalue weighted by atomic mass is 10.0. The molecule has 0 unspecified atom stereocenters. The molecule has 0 bridgehead atoms. The molecule has 0 atom stereocenters. The maximum Gasteiger partial charge on any atom is 0.123 e. The number of nitrogens with two attached hydrogens (primary N) is 1. The van der Waals surface area contributed by atoms with Crippen LogP contribution in [0.2, 0.25) is 0 Å². The third-order valence-corrected chi connectivity index (χ3v) is 3.76. The van der Waals surface area contributed by atoms with Crippen LogP contribution in [-0.4, -0.2) is 23.0 Å². The minimum Gasteiger partial charge on any atom is -0.384 e. The lowest BCUT2D eigenvalue weighted by Gasteiger charge is -2.19. The molecule has 0 saturated carbocycles. The number of rotatable bonds is 2. The largest absolute Gasteiger partial charge is 0.384 e. The highest BCUT2D eigenvalue weighted by Gasteiger charge is 2.13. The highest BCUT2D eigenvalue weighted by Crippen LogP contribution is 2.17. The van der Waals surface area contributed by atoms with Crippen LogP contribution in [0, 0.1) is 0 Å². The van der Waals surface area contributed by atoms with Crippen LogP contribution < -0.4 is 5.73 Å². The zero-order chi connectivity index (χ0) is 13.1. The van der Waals surface area contributed by atoms with E-state index < -0.39 is 0 Å². The van der Waals surface area contributed by atoms with Crippen molar-refractivity contribution in [2.24, 2.45) is 0 Å². The van der Waals surface area contributed by atoms with Gasteiger partial charge in [-0.15, -0.1) is 0 Å². The first kappa shape index (κ1) is 12.2. The zero-order valence-electron chi connectivity index (χ0n) is 11.0. The Morgan fingerprint density at radius 1 is 1.05 bits per heavy atom. The first-order valence-corrected chi connectivity index (χ1v) is 6.81. The summed E-state index contributed by atoms with van der Waals surface area (Å²) in [5.41, 5.74) is 9.98. The molecule has 2 N–H and O–H groups in total. The fourth-order valence-corrected chi connectivity index (χ4v) is 2.72. The van der Waals surface area contributed by atoms with Gasteiger partial charge in [-0.05, 0) is 41.7 Å². The minimum atomic E-state index is 0.607. The van der Waals surface area contributed by atoms with Crippen LogP contribution in [0.25, 0.3) is 0 Å². The predicted octanol–water partition coefficient (Wildman–Crippen LogP) is 2.26. The Balaban J connectivity index is 1.69. The highest BCUT2D eigenvalue weighted by molar-refractivity contribution is 5.32. The summed E-state index contributed by atoms with van der Waals surface area (Å²) in [5, 5.41) is 0. The van der Waals surface area contributed by atoms with Crippen LogP contribution in [0.5, 0.6) is 0 Å². The molecule has 0 radical (unpaired) electrons. The second kappa shape index (κ2) is 5.41. The predicted molar refractivity (Wildman–Crippen MR) is 77.8 cm³/mol. The van der Waals surface area contributed by atoms with Crippen molar-refractivity contribution in [2.45, 2.75) is 19.4 Å². The van der Waals surface area contributed by atoms with Gasteiger partial charge in [0.05, 0.1) is 0 Å². The monoisotopic (exact) mass is 253 g/mol. The number of benzene rings is 1. The van der Waals surface area contributed by atoms with Crippen LogP contribution >= 0.6 is 0 Å². The summed E-state index contributed by atoms with van der Waals surface area (Å²) in [6.07, 6.45) is 4.06. The zero-order valence-corrected chi connectivity index (χ0v) is 11.0. The maximum atomic E-state index is 5.73. The fourth-order valence-electron chi connectivity index (χ4n) is 2.72. The molecule has 3 heteroatoms. The maximum absolute atomic E-state index is 5.73. The molecule has 2 aromatic rings. The molecule has 3 rings (SSSR count). The van der Waals surface area contributed by atoms with Crippen molar-refractivity contribution < 1.29 is 0 Å². The van der Waals surface area contributed by atoms with E-state index in [1.165, 1.54) is 16.7 Å². The number of pyridine rings is 1. The molecule has 98 valence electrons. The number of aromatic nitrogens is 1. The third-order valence-electron chi connectivity index (χ3n) is 3.76. The van der Waals surface area contributed by atoms with Gasteiger partial charge in [0, 0.05) is 25.8 Å². The highest BCUT2D eigenvalue weighted by atomic mass is 15.1. The number of fused-ring (bicyclic) bond motifs is 1. The summed E-state index contributed by atoms with van der Waals surface area (Å²) >= 11 is 0. The first-order chi connectivity index (χ1) is 9.31. The molecule has 0 fully saturated rings. The number of nitrogens with zero attached hydrogens (tertiary/aromatic N) is 2. The molecular formula is C16H19N3. The van der Waals surface area contributed by atoms with E-state index in [1.807, 2.05) is 12.1 Å². The molecule has 0 spiro atoms. The summed E-state index contributed by atoms with van der Waals surface area (Å²) in [4.78, 5) is 6.54. The Morgan fingerprint density at radius 2 is 1.74 bits per heavy atom. The van der Waals surface area contributed by atoms with E-state index in [4.69, 9.17) is 5.73 Å². The molecule has 1 aliphatic heterocycles. The van der Waals surface area contributed by atoms with E-state index in [9.17, 15) is 0 Å². The van der Waals surface area contributed by atoms with Gasteiger partial charge in [-0.3, -0.25) is 4.90 Å². The van der Waals surface area contributed by atoms with E-state index in [1.54, 1.807) is 6.20 Å². The van der Waals surface area contributed by atoms with Gasteiger partial charge in [0.25, 0.3) is 0 Å². The molecule has 2 heterocycles. The van der Waals surface area contributed by atoms with Gasteiger partial charge in [0.15, 0.2) is 0 Å².